The van der Waals surface area contributed by atoms with Crippen molar-refractivity contribution in [1.82, 2.24) is 5.32 Å². The second-order valence-corrected chi connectivity index (χ2v) is 10.1. The largest absolute Gasteiger partial charge is 0.370 e. The Labute approximate surface area is 198 Å². The van der Waals surface area contributed by atoms with Gasteiger partial charge in [0.05, 0.1) is 11.7 Å². The quantitative estimate of drug-likeness (QED) is 0.500. The molecule has 1 saturated heterocycles. The van der Waals surface area contributed by atoms with Gasteiger partial charge in [0.1, 0.15) is 5.78 Å². The van der Waals surface area contributed by atoms with Crippen molar-refractivity contribution in [3.05, 3.63) is 95.1 Å². The molecule has 0 radical (unpaired) electrons. The molecule has 2 aliphatic rings. The van der Waals surface area contributed by atoms with Gasteiger partial charge >= 0.3 is 0 Å². The van der Waals surface area contributed by atoms with Crippen molar-refractivity contribution in [3.63, 3.8) is 0 Å². The van der Waals surface area contributed by atoms with Gasteiger partial charge in [-0.1, -0.05) is 79.7 Å². The first-order valence-corrected chi connectivity index (χ1v) is 12.3. The van der Waals surface area contributed by atoms with Crippen LogP contribution in [0.1, 0.15) is 63.5 Å². The Kier molecular flexibility index (Phi) is 7.62. The number of hydrogen-bond donors (Lipinski definition) is 1. The minimum atomic E-state index is -0.110. The van der Waals surface area contributed by atoms with Crippen molar-refractivity contribution in [2.24, 2.45) is 5.92 Å². The molecule has 4 rings (SSSR count). The molecular formula is C30H37NO2. The molecule has 3 heteroatoms. The maximum Gasteiger partial charge on any atom is 0.140 e. The molecule has 1 aliphatic heterocycles. The van der Waals surface area contributed by atoms with Gasteiger partial charge in [0, 0.05) is 31.3 Å². The maximum atomic E-state index is 13.5. The van der Waals surface area contributed by atoms with Gasteiger partial charge in [0.15, 0.2) is 0 Å². The van der Waals surface area contributed by atoms with E-state index in [1.807, 2.05) is 12.1 Å². The number of carbonyl (C=O) groups excluding carboxylic acids is 1. The van der Waals surface area contributed by atoms with Gasteiger partial charge in [-0.2, -0.15) is 0 Å². The van der Waals surface area contributed by atoms with Crippen LogP contribution in [0.5, 0.6) is 0 Å². The Balaban J connectivity index is 1.41. The van der Waals surface area contributed by atoms with Gasteiger partial charge in [0.2, 0.25) is 0 Å². The first-order chi connectivity index (χ1) is 15.9. The molecule has 0 spiro atoms. The SMILES string of the molecule is CC(C(=O)CC1=CCC=C1CC[C@@H]1CNCC(C)(C)O1)C(c1ccccc1)c1ccccc1. The van der Waals surface area contributed by atoms with Crippen LogP contribution in [-0.4, -0.2) is 30.6 Å². The number of morpholine rings is 1. The van der Waals surface area contributed by atoms with Crippen LogP contribution in [0.15, 0.2) is 84.0 Å². The second-order valence-electron chi connectivity index (χ2n) is 10.1. The highest BCUT2D eigenvalue weighted by Gasteiger charge is 2.30. The molecule has 0 bridgehead atoms. The topological polar surface area (TPSA) is 38.3 Å². The number of benzene rings is 2. The predicted octanol–water partition coefficient (Wildman–Crippen LogP) is 6.22. The molecule has 1 N–H and O–H groups in total. The van der Waals surface area contributed by atoms with Crippen molar-refractivity contribution in [3.8, 4) is 0 Å². The van der Waals surface area contributed by atoms with Crippen molar-refractivity contribution >= 4 is 5.78 Å². The highest BCUT2D eigenvalue weighted by Crippen LogP contribution is 2.35. The number of nitrogens with one attached hydrogen (secondary N) is 1. The number of ketones is 1. The third-order valence-electron chi connectivity index (χ3n) is 6.97. The average molecular weight is 444 g/mol. The molecule has 2 aromatic carbocycles. The molecule has 33 heavy (non-hydrogen) atoms. The van der Waals surface area contributed by atoms with Crippen LogP contribution in [0, 0.1) is 5.92 Å². The van der Waals surface area contributed by atoms with E-state index in [1.54, 1.807) is 0 Å². The lowest BCUT2D eigenvalue weighted by Gasteiger charge is -2.36. The Morgan fingerprint density at radius 2 is 1.61 bits per heavy atom. The van der Waals surface area contributed by atoms with Crippen molar-refractivity contribution < 1.29 is 9.53 Å². The van der Waals surface area contributed by atoms with E-state index >= 15 is 0 Å². The van der Waals surface area contributed by atoms with E-state index in [-0.39, 0.29) is 23.5 Å². The fraction of sp³-hybridized carbons (Fsp3) is 0.433. The van der Waals surface area contributed by atoms with E-state index in [4.69, 9.17) is 4.74 Å². The summed E-state index contributed by atoms with van der Waals surface area (Å²) < 4.78 is 6.24. The number of ether oxygens (including phenoxy) is 1. The lowest BCUT2D eigenvalue weighted by Crippen LogP contribution is -2.50. The van der Waals surface area contributed by atoms with E-state index in [9.17, 15) is 4.79 Å². The van der Waals surface area contributed by atoms with E-state index in [1.165, 1.54) is 22.3 Å². The van der Waals surface area contributed by atoms with Crippen LogP contribution < -0.4 is 5.32 Å². The number of carbonyl (C=O) groups is 1. The summed E-state index contributed by atoms with van der Waals surface area (Å²) in [6.07, 6.45) is 8.16. The molecule has 0 aromatic heterocycles. The molecular weight excluding hydrogens is 406 g/mol. The van der Waals surface area contributed by atoms with Gasteiger partial charge in [-0.3, -0.25) is 4.79 Å². The van der Waals surface area contributed by atoms with Crippen molar-refractivity contribution in [1.29, 1.82) is 0 Å². The molecule has 0 saturated carbocycles. The van der Waals surface area contributed by atoms with Crippen LogP contribution in [0.25, 0.3) is 0 Å². The van der Waals surface area contributed by atoms with Gasteiger partial charge in [0.25, 0.3) is 0 Å². The van der Waals surface area contributed by atoms with Crippen LogP contribution in [0.3, 0.4) is 0 Å². The molecule has 0 amide bonds. The van der Waals surface area contributed by atoms with E-state index in [2.05, 4.69) is 86.8 Å². The molecule has 1 aliphatic carbocycles. The highest BCUT2D eigenvalue weighted by atomic mass is 16.5. The maximum absolute atomic E-state index is 13.5. The number of hydrogen-bond acceptors (Lipinski definition) is 3. The van der Waals surface area contributed by atoms with Gasteiger partial charge in [-0.05, 0) is 55.4 Å². The zero-order valence-electron chi connectivity index (χ0n) is 20.2. The smallest absolute Gasteiger partial charge is 0.140 e. The Morgan fingerprint density at radius 3 is 2.21 bits per heavy atom. The van der Waals surface area contributed by atoms with Crippen LogP contribution in [0.4, 0.5) is 0 Å². The van der Waals surface area contributed by atoms with Crippen LogP contribution >= 0.6 is 0 Å². The molecule has 3 nitrogen and oxygen atoms in total. The summed E-state index contributed by atoms with van der Waals surface area (Å²) >= 11 is 0. The molecule has 2 atom stereocenters. The van der Waals surface area contributed by atoms with E-state index < -0.39 is 0 Å². The third-order valence-corrected chi connectivity index (χ3v) is 6.97. The minimum Gasteiger partial charge on any atom is -0.370 e. The second kappa shape index (κ2) is 10.6. The minimum absolute atomic E-state index is 0.0678. The summed E-state index contributed by atoms with van der Waals surface area (Å²) in [5.41, 5.74) is 4.84. The van der Waals surface area contributed by atoms with E-state index in [0.29, 0.717) is 12.2 Å². The van der Waals surface area contributed by atoms with Crippen LogP contribution in [-0.2, 0) is 9.53 Å². The Hall–Kier alpha value is -2.49. The zero-order chi connectivity index (χ0) is 23.3. The standard InChI is InChI=1S/C30H37NO2/c1-22(29(24-11-6-4-7-12-24)25-13-8-5-9-14-25)28(32)19-26-16-10-15-23(26)17-18-27-20-31-21-30(2,3)33-27/h4-9,11-16,22,27,29,31H,10,17-21H2,1-3H3/t22?,27-/m1/s1. The Morgan fingerprint density at radius 1 is 1.00 bits per heavy atom. The molecule has 1 unspecified atom stereocenters. The van der Waals surface area contributed by atoms with Gasteiger partial charge < -0.3 is 10.1 Å². The number of Topliss-reactive ketones (excluding diaryl/α,β-unsaturated/α-hetero) is 1. The zero-order valence-corrected chi connectivity index (χ0v) is 20.2. The monoisotopic (exact) mass is 443 g/mol. The van der Waals surface area contributed by atoms with Gasteiger partial charge in [-0.15, -0.1) is 0 Å². The summed E-state index contributed by atoms with van der Waals surface area (Å²) in [6, 6.07) is 20.9. The van der Waals surface area contributed by atoms with Crippen molar-refractivity contribution in [2.75, 3.05) is 13.1 Å². The molecule has 1 fully saturated rings. The van der Waals surface area contributed by atoms with E-state index in [0.717, 1.165) is 32.4 Å². The fourth-order valence-corrected chi connectivity index (χ4v) is 5.23. The first kappa shape index (κ1) is 23.7. The third kappa shape index (κ3) is 6.10. The number of rotatable bonds is 9. The first-order valence-electron chi connectivity index (χ1n) is 12.3. The molecule has 174 valence electrons. The summed E-state index contributed by atoms with van der Waals surface area (Å²) in [6.45, 7) is 8.18. The summed E-state index contributed by atoms with van der Waals surface area (Å²) in [4.78, 5) is 13.5. The summed E-state index contributed by atoms with van der Waals surface area (Å²) in [5, 5.41) is 3.49. The molecule has 1 heterocycles. The fourth-order valence-electron chi connectivity index (χ4n) is 5.23. The predicted molar refractivity (Wildman–Crippen MR) is 135 cm³/mol. The summed E-state index contributed by atoms with van der Waals surface area (Å²) in [7, 11) is 0. The lowest BCUT2D eigenvalue weighted by molar-refractivity contribution is -0.122. The average Bonchev–Trinajstić information content (AvgIpc) is 3.25. The van der Waals surface area contributed by atoms with Crippen LogP contribution in [0.2, 0.25) is 0 Å². The highest BCUT2D eigenvalue weighted by molar-refractivity contribution is 5.85. The normalized spacial score (nSPS) is 20.9. The Bertz CT molecular complexity index is 951. The van der Waals surface area contributed by atoms with Gasteiger partial charge in [-0.25, -0.2) is 0 Å². The molecule has 2 aromatic rings. The number of allylic oxidation sites excluding steroid dienone is 4. The van der Waals surface area contributed by atoms with Crippen molar-refractivity contribution in [2.45, 2.75) is 64.1 Å². The summed E-state index contributed by atoms with van der Waals surface area (Å²) in [5.74, 6) is 0.283. The lowest BCUT2D eigenvalue weighted by atomic mass is 9.78.